The van der Waals surface area contributed by atoms with Crippen LogP contribution >= 0.6 is 0 Å². The van der Waals surface area contributed by atoms with Gasteiger partial charge in [-0.1, -0.05) is 20.4 Å². The van der Waals surface area contributed by atoms with Crippen molar-refractivity contribution < 1.29 is 4.39 Å². The van der Waals surface area contributed by atoms with E-state index in [-0.39, 0.29) is 5.92 Å². The molecule has 0 fully saturated rings. The first-order valence-corrected chi connectivity index (χ1v) is 2.86. The lowest BCUT2D eigenvalue weighted by atomic mass is 10.1. The molecule has 0 unspecified atom stereocenters. The molecule has 0 rings (SSSR count). The van der Waals surface area contributed by atoms with Gasteiger partial charge in [-0.05, 0) is 11.5 Å². The second-order valence-electron chi connectivity index (χ2n) is 2.19. The molecule has 0 bridgehead atoms. The first kappa shape index (κ1) is 8.21. The molecule has 0 radical (unpaired) electrons. The third kappa shape index (κ3) is 2.31. The van der Waals surface area contributed by atoms with Crippen molar-refractivity contribution in [3.05, 3.63) is 24.2 Å². The molecule has 9 heavy (non-hydrogen) atoms. The van der Waals surface area contributed by atoms with Crippen LogP contribution in [-0.4, -0.2) is 0 Å². The first-order valence-electron chi connectivity index (χ1n) is 2.86. The van der Waals surface area contributed by atoms with Crippen molar-refractivity contribution in [1.29, 1.82) is 0 Å². The fraction of sp³-hybridized carbons (Fsp3) is 0.429. The average Bonchev–Trinajstić information content (AvgIpc) is 1.84. The van der Waals surface area contributed by atoms with E-state index in [2.05, 4.69) is 6.58 Å². The Morgan fingerprint density at radius 3 is 2.22 bits per heavy atom. The van der Waals surface area contributed by atoms with Crippen molar-refractivity contribution in [3.8, 4) is 0 Å². The van der Waals surface area contributed by atoms with Gasteiger partial charge in [-0.25, -0.2) is 4.39 Å². The van der Waals surface area contributed by atoms with Crippen LogP contribution in [0, 0.1) is 5.92 Å². The lowest BCUT2D eigenvalue weighted by Gasteiger charge is -2.04. The summed E-state index contributed by atoms with van der Waals surface area (Å²) < 4.78 is 12.4. The summed E-state index contributed by atoms with van der Waals surface area (Å²) in [5, 5.41) is 0. The van der Waals surface area contributed by atoms with Crippen molar-refractivity contribution in [3.63, 3.8) is 0 Å². The fourth-order valence-corrected chi connectivity index (χ4v) is 0.383. The summed E-state index contributed by atoms with van der Waals surface area (Å²) in [5.41, 5.74) is 5.37. The summed E-state index contributed by atoms with van der Waals surface area (Å²) in [7, 11) is 0. The maximum Gasteiger partial charge on any atom is 0.141 e. The fourth-order valence-electron chi connectivity index (χ4n) is 0.383. The minimum Gasteiger partial charge on any atom is -0.402 e. The number of nitrogens with two attached hydrogens (primary N) is 1. The van der Waals surface area contributed by atoms with E-state index in [0.29, 0.717) is 5.57 Å². The van der Waals surface area contributed by atoms with E-state index < -0.39 is 5.83 Å². The summed E-state index contributed by atoms with van der Waals surface area (Å²) in [6, 6.07) is 0. The van der Waals surface area contributed by atoms with Crippen molar-refractivity contribution in [1.82, 2.24) is 0 Å². The lowest BCUT2D eigenvalue weighted by Crippen LogP contribution is -1.94. The van der Waals surface area contributed by atoms with Gasteiger partial charge in [0.15, 0.2) is 0 Å². The lowest BCUT2D eigenvalue weighted by molar-refractivity contribution is 0.607. The number of rotatable bonds is 2. The van der Waals surface area contributed by atoms with E-state index in [1.54, 1.807) is 0 Å². The van der Waals surface area contributed by atoms with Gasteiger partial charge >= 0.3 is 0 Å². The Morgan fingerprint density at radius 2 is 2.11 bits per heavy atom. The SMILES string of the molecule is C=C(/C(F)=C/N)C(C)C. The second-order valence-corrected chi connectivity index (χ2v) is 2.19. The molecule has 2 heteroatoms. The quantitative estimate of drug-likeness (QED) is 0.567. The number of hydrogen-bond donors (Lipinski definition) is 1. The van der Waals surface area contributed by atoms with Gasteiger partial charge in [0.25, 0.3) is 0 Å². The Kier molecular flexibility index (Phi) is 2.99. The summed E-state index contributed by atoms with van der Waals surface area (Å²) in [5.74, 6) is -0.283. The monoisotopic (exact) mass is 129 g/mol. The zero-order valence-electron chi connectivity index (χ0n) is 5.82. The summed E-state index contributed by atoms with van der Waals surface area (Å²) in [6.07, 6.45) is 0.933. The van der Waals surface area contributed by atoms with E-state index in [9.17, 15) is 4.39 Å². The van der Waals surface area contributed by atoms with Crippen LogP contribution < -0.4 is 5.73 Å². The van der Waals surface area contributed by atoms with Crippen LogP contribution in [0.5, 0.6) is 0 Å². The van der Waals surface area contributed by atoms with Gasteiger partial charge in [0, 0.05) is 6.20 Å². The maximum absolute atomic E-state index is 12.4. The Balaban J connectivity index is 4.06. The second kappa shape index (κ2) is 3.28. The highest BCUT2D eigenvalue weighted by atomic mass is 19.1. The van der Waals surface area contributed by atoms with Crippen LogP contribution in [0.4, 0.5) is 4.39 Å². The van der Waals surface area contributed by atoms with E-state index in [0.717, 1.165) is 6.20 Å². The minimum absolute atomic E-state index is 0.129. The zero-order chi connectivity index (χ0) is 7.44. The Morgan fingerprint density at radius 1 is 1.67 bits per heavy atom. The highest BCUT2D eigenvalue weighted by Gasteiger charge is 2.03. The Hall–Kier alpha value is -0.790. The molecule has 0 aromatic carbocycles. The van der Waals surface area contributed by atoms with E-state index >= 15 is 0 Å². The van der Waals surface area contributed by atoms with Crippen molar-refractivity contribution in [2.24, 2.45) is 11.7 Å². The van der Waals surface area contributed by atoms with E-state index in [1.165, 1.54) is 0 Å². The maximum atomic E-state index is 12.4. The molecule has 0 aliphatic heterocycles. The van der Waals surface area contributed by atoms with Crippen LogP contribution in [-0.2, 0) is 0 Å². The highest BCUT2D eigenvalue weighted by molar-refractivity contribution is 5.22. The number of hydrogen-bond acceptors (Lipinski definition) is 1. The molecule has 0 atom stereocenters. The molecule has 0 aliphatic carbocycles. The molecular formula is C7H12FN. The van der Waals surface area contributed by atoms with Crippen molar-refractivity contribution in [2.45, 2.75) is 13.8 Å². The van der Waals surface area contributed by atoms with Gasteiger partial charge in [0.2, 0.25) is 0 Å². The molecule has 0 aliphatic rings. The standard InChI is InChI=1S/C7H12FN/c1-5(2)6(3)7(8)4-9/h4-5H,3,9H2,1-2H3/b7-4-. The smallest absolute Gasteiger partial charge is 0.141 e. The van der Waals surface area contributed by atoms with Crippen molar-refractivity contribution >= 4 is 0 Å². The third-order valence-electron chi connectivity index (χ3n) is 1.15. The predicted octanol–water partition coefficient (Wildman–Crippen LogP) is 1.97. The van der Waals surface area contributed by atoms with Gasteiger partial charge < -0.3 is 5.73 Å². The molecule has 2 N–H and O–H groups in total. The molecule has 0 amide bonds. The van der Waals surface area contributed by atoms with Crippen LogP contribution in [0.25, 0.3) is 0 Å². The molecule has 0 saturated heterocycles. The van der Waals surface area contributed by atoms with E-state index in [4.69, 9.17) is 5.73 Å². The summed E-state index contributed by atoms with van der Waals surface area (Å²) in [4.78, 5) is 0. The minimum atomic E-state index is -0.412. The highest BCUT2D eigenvalue weighted by Crippen LogP contribution is 2.16. The summed E-state index contributed by atoms with van der Waals surface area (Å²) in [6.45, 7) is 7.23. The van der Waals surface area contributed by atoms with Crippen molar-refractivity contribution in [2.75, 3.05) is 0 Å². The van der Waals surface area contributed by atoms with Crippen LogP contribution in [0.1, 0.15) is 13.8 Å². The summed E-state index contributed by atoms with van der Waals surface area (Å²) >= 11 is 0. The molecule has 52 valence electrons. The van der Waals surface area contributed by atoms with Gasteiger partial charge in [-0.2, -0.15) is 0 Å². The first-order chi connectivity index (χ1) is 4.09. The molecule has 0 spiro atoms. The number of allylic oxidation sites excluding steroid dienone is 2. The average molecular weight is 129 g/mol. The normalized spacial score (nSPS) is 12.2. The Labute approximate surface area is 55.1 Å². The molecule has 0 heterocycles. The molecule has 1 nitrogen and oxygen atoms in total. The third-order valence-corrected chi connectivity index (χ3v) is 1.15. The van der Waals surface area contributed by atoms with E-state index in [1.807, 2.05) is 13.8 Å². The van der Waals surface area contributed by atoms with Crippen LogP contribution in [0.15, 0.2) is 24.2 Å². The Bertz CT molecular complexity index is 136. The molecule has 0 aromatic heterocycles. The number of halogens is 1. The van der Waals surface area contributed by atoms with Gasteiger partial charge in [0.1, 0.15) is 5.83 Å². The van der Waals surface area contributed by atoms with Crippen LogP contribution in [0.2, 0.25) is 0 Å². The molecular weight excluding hydrogens is 117 g/mol. The van der Waals surface area contributed by atoms with Gasteiger partial charge in [-0.3, -0.25) is 0 Å². The van der Waals surface area contributed by atoms with Gasteiger partial charge in [0.05, 0.1) is 0 Å². The zero-order valence-corrected chi connectivity index (χ0v) is 5.82. The molecule has 0 saturated carbocycles. The molecule has 0 aromatic rings. The topological polar surface area (TPSA) is 26.0 Å². The predicted molar refractivity (Wildman–Crippen MR) is 37.4 cm³/mol. The largest absolute Gasteiger partial charge is 0.402 e. The van der Waals surface area contributed by atoms with Crippen LogP contribution in [0.3, 0.4) is 0 Å². The van der Waals surface area contributed by atoms with Gasteiger partial charge in [-0.15, -0.1) is 0 Å².